The molecule has 106 valence electrons. The van der Waals surface area contributed by atoms with Crippen LogP contribution < -0.4 is 5.32 Å². The van der Waals surface area contributed by atoms with Crippen LogP contribution >= 0.6 is 11.3 Å². The first-order valence-electron chi connectivity index (χ1n) is 6.80. The minimum atomic E-state index is -0.330. The van der Waals surface area contributed by atoms with Crippen molar-refractivity contribution in [2.24, 2.45) is 5.92 Å². The highest BCUT2D eigenvalue weighted by Gasteiger charge is 2.14. The summed E-state index contributed by atoms with van der Waals surface area (Å²) in [5, 5.41) is 16.0. The van der Waals surface area contributed by atoms with Gasteiger partial charge in [0.2, 0.25) is 0 Å². The van der Waals surface area contributed by atoms with Gasteiger partial charge in [-0.25, -0.2) is 0 Å². The number of hydrogen-bond donors (Lipinski definition) is 1. The molecule has 0 saturated carbocycles. The van der Waals surface area contributed by atoms with Crippen molar-refractivity contribution >= 4 is 16.3 Å². The first-order valence-corrected chi connectivity index (χ1v) is 7.68. The summed E-state index contributed by atoms with van der Waals surface area (Å²) >= 11 is 1.19. The maximum absolute atomic E-state index is 10.6. The molecule has 0 aromatic carbocycles. The van der Waals surface area contributed by atoms with Crippen molar-refractivity contribution in [2.75, 3.05) is 26.2 Å². The van der Waals surface area contributed by atoms with E-state index in [1.807, 2.05) is 5.38 Å². The first kappa shape index (κ1) is 14.4. The number of piperidine rings is 1. The van der Waals surface area contributed by atoms with Crippen molar-refractivity contribution < 1.29 is 4.92 Å². The van der Waals surface area contributed by atoms with Crippen molar-refractivity contribution in [3.63, 3.8) is 0 Å². The fourth-order valence-electron chi connectivity index (χ4n) is 2.31. The van der Waals surface area contributed by atoms with Crippen LogP contribution in [0.2, 0.25) is 0 Å². The average molecular weight is 283 g/mol. The van der Waals surface area contributed by atoms with Gasteiger partial charge in [-0.15, -0.1) is 0 Å². The largest absolute Gasteiger partial charge is 0.324 e. The highest BCUT2D eigenvalue weighted by Crippen LogP contribution is 2.22. The summed E-state index contributed by atoms with van der Waals surface area (Å²) in [4.78, 5) is 12.7. The summed E-state index contributed by atoms with van der Waals surface area (Å²) in [7, 11) is 0. The second kappa shape index (κ2) is 6.98. The van der Waals surface area contributed by atoms with Crippen LogP contribution in [0.5, 0.6) is 0 Å². The molecule has 6 heteroatoms. The van der Waals surface area contributed by atoms with Gasteiger partial charge in [0.05, 0.1) is 4.92 Å². The molecule has 0 aliphatic carbocycles. The second-order valence-electron chi connectivity index (χ2n) is 5.25. The molecular weight excluding hydrogens is 262 g/mol. The molecule has 2 rings (SSSR count). The number of likely N-dealkylation sites (tertiary alicyclic amines) is 1. The van der Waals surface area contributed by atoms with Gasteiger partial charge in [-0.2, -0.15) is 0 Å². The molecule has 19 heavy (non-hydrogen) atoms. The minimum Gasteiger partial charge on any atom is -0.311 e. The van der Waals surface area contributed by atoms with Crippen LogP contribution in [0.15, 0.2) is 11.4 Å². The van der Waals surface area contributed by atoms with E-state index in [0.29, 0.717) is 6.54 Å². The number of hydrogen-bond acceptors (Lipinski definition) is 5. The van der Waals surface area contributed by atoms with Crippen LogP contribution in [0.25, 0.3) is 0 Å². The topological polar surface area (TPSA) is 58.4 Å². The maximum atomic E-state index is 10.6. The summed E-state index contributed by atoms with van der Waals surface area (Å²) in [6.07, 6.45) is 2.60. The number of nitrogens with zero attached hydrogens (tertiary/aromatic N) is 2. The molecule has 0 amide bonds. The monoisotopic (exact) mass is 283 g/mol. The summed E-state index contributed by atoms with van der Waals surface area (Å²) in [5.74, 6) is 0.871. The van der Waals surface area contributed by atoms with Crippen LogP contribution in [-0.4, -0.2) is 36.0 Å². The molecule has 0 bridgehead atoms. The van der Waals surface area contributed by atoms with E-state index in [-0.39, 0.29) is 9.92 Å². The molecular formula is C13H21N3O2S. The third kappa shape index (κ3) is 4.56. The molecule has 1 aromatic heterocycles. The second-order valence-corrected chi connectivity index (χ2v) is 6.14. The van der Waals surface area contributed by atoms with E-state index in [1.165, 1.54) is 37.3 Å². The zero-order chi connectivity index (χ0) is 13.7. The molecule has 0 radical (unpaired) electrons. The van der Waals surface area contributed by atoms with Gasteiger partial charge in [-0.05, 0) is 37.4 Å². The maximum Gasteiger partial charge on any atom is 0.324 e. The van der Waals surface area contributed by atoms with Crippen LogP contribution in [0.1, 0.15) is 25.3 Å². The van der Waals surface area contributed by atoms with Gasteiger partial charge < -0.3 is 10.2 Å². The molecule has 1 aliphatic rings. The predicted molar refractivity (Wildman–Crippen MR) is 77.5 cm³/mol. The lowest BCUT2D eigenvalue weighted by molar-refractivity contribution is -0.380. The van der Waals surface area contributed by atoms with E-state index < -0.39 is 0 Å². The van der Waals surface area contributed by atoms with E-state index >= 15 is 0 Å². The van der Waals surface area contributed by atoms with Crippen molar-refractivity contribution in [1.29, 1.82) is 0 Å². The lowest BCUT2D eigenvalue weighted by Crippen LogP contribution is -2.37. The molecule has 0 atom stereocenters. The number of rotatable bonds is 6. The van der Waals surface area contributed by atoms with Crippen LogP contribution in [-0.2, 0) is 6.54 Å². The first-order chi connectivity index (χ1) is 9.15. The third-order valence-electron chi connectivity index (χ3n) is 3.63. The molecule has 1 N–H and O–H groups in total. The van der Waals surface area contributed by atoms with E-state index in [4.69, 9.17) is 0 Å². The Kier molecular flexibility index (Phi) is 5.30. The Labute approximate surface area is 117 Å². The normalized spacial score (nSPS) is 17.7. The van der Waals surface area contributed by atoms with Gasteiger partial charge in [-0.1, -0.05) is 18.3 Å². The van der Waals surface area contributed by atoms with Crippen molar-refractivity contribution in [2.45, 2.75) is 26.3 Å². The number of nitro groups is 1. The summed E-state index contributed by atoms with van der Waals surface area (Å²) in [6.45, 7) is 7.45. The van der Waals surface area contributed by atoms with Gasteiger partial charge in [-0.3, -0.25) is 10.1 Å². The van der Waals surface area contributed by atoms with Crippen molar-refractivity contribution in [1.82, 2.24) is 10.2 Å². The Morgan fingerprint density at radius 1 is 1.53 bits per heavy atom. The van der Waals surface area contributed by atoms with Crippen LogP contribution in [0.4, 0.5) is 5.00 Å². The lowest BCUT2D eigenvalue weighted by atomic mass is 9.99. The lowest BCUT2D eigenvalue weighted by Gasteiger charge is -2.30. The molecule has 1 aromatic rings. The van der Waals surface area contributed by atoms with Gasteiger partial charge in [0.15, 0.2) is 0 Å². The molecule has 5 nitrogen and oxygen atoms in total. The minimum absolute atomic E-state index is 0.224. The third-order valence-corrected chi connectivity index (χ3v) is 4.56. The molecule has 2 heterocycles. The Balaban J connectivity index is 1.62. The zero-order valence-corrected chi connectivity index (χ0v) is 12.1. The summed E-state index contributed by atoms with van der Waals surface area (Å²) < 4.78 is 0. The van der Waals surface area contributed by atoms with Crippen LogP contribution in [0, 0.1) is 16.0 Å². The highest BCUT2D eigenvalue weighted by atomic mass is 32.1. The van der Waals surface area contributed by atoms with Gasteiger partial charge in [0.1, 0.15) is 0 Å². The van der Waals surface area contributed by atoms with Gasteiger partial charge in [0, 0.05) is 31.1 Å². The molecule has 1 aliphatic heterocycles. The zero-order valence-electron chi connectivity index (χ0n) is 11.3. The quantitative estimate of drug-likeness (QED) is 0.495. The van der Waals surface area contributed by atoms with Gasteiger partial charge >= 0.3 is 5.00 Å². The van der Waals surface area contributed by atoms with Crippen LogP contribution in [0.3, 0.4) is 0 Å². The Morgan fingerprint density at radius 2 is 2.26 bits per heavy atom. The predicted octanol–water partition coefficient (Wildman–Crippen LogP) is 2.48. The molecule has 1 fully saturated rings. The number of nitrogens with one attached hydrogen (secondary N) is 1. The fraction of sp³-hybridized carbons (Fsp3) is 0.692. The van der Waals surface area contributed by atoms with E-state index in [2.05, 4.69) is 17.1 Å². The molecule has 1 saturated heterocycles. The summed E-state index contributed by atoms with van der Waals surface area (Å²) in [5.41, 5.74) is 1.00. The Morgan fingerprint density at radius 3 is 2.89 bits per heavy atom. The molecule has 0 spiro atoms. The van der Waals surface area contributed by atoms with E-state index in [0.717, 1.165) is 24.6 Å². The van der Waals surface area contributed by atoms with Crippen molar-refractivity contribution in [3.05, 3.63) is 27.1 Å². The number of thiophene rings is 1. The standard InChI is InChI=1S/C13H21N3O2S/c1-11-2-5-15(6-3-11)7-4-14-9-12-8-13(16(17)18)19-10-12/h8,10-11,14H,2-7,9H2,1H3. The SMILES string of the molecule is CC1CCN(CCNCc2csc([N+](=O)[O-])c2)CC1. The van der Waals surface area contributed by atoms with Gasteiger partial charge in [0.25, 0.3) is 0 Å². The average Bonchev–Trinajstić information content (AvgIpc) is 2.86. The highest BCUT2D eigenvalue weighted by molar-refractivity contribution is 7.13. The van der Waals surface area contributed by atoms with E-state index in [9.17, 15) is 10.1 Å². The molecule has 0 unspecified atom stereocenters. The Hall–Kier alpha value is -0.980. The summed E-state index contributed by atoms with van der Waals surface area (Å²) in [6, 6.07) is 1.65. The van der Waals surface area contributed by atoms with Crippen molar-refractivity contribution in [3.8, 4) is 0 Å². The fourth-order valence-corrected chi connectivity index (χ4v) is 3.04. The smallest absolute Gasteiger partial charge is 0.311 e. The Bertz CT molecular complexity index is 414. The van der Waals surface area contributed by atoms with E-state index in [1.54, 1.807) is 6.07 Å².